The minimum absolute atomic E-state index is 0.0195. The summed E-state index contributed by atoms with van der Waals surface area (Å²) in [5.74, 6) is 0.0220. The number of methoxy groups -OCH3 is 2. The highest BCUT2D eigenvalue weighted by atomic mass is 16.5. The average molecular weight is 300 g/mol. The molecule has 1 saturated heterocycles. The first-order valence-electron chi connectivity index (χ1n) is 7.62. The van der Waals surface area contributed by atoms with Crippen LogP contribution in [0.15, 0.2) is 0 Å². The molecule has 1 N–H and O–H groups in total. The highest BCUT2D eigenvalue weighted by Crippen LogP contribution is 2.20. The van der Waals surface area contributed by atoms with Crippen LogP contribution in [0.1, 0.15) is 33.6 Å². The van der Waals surface area contributed by atoms with Crippen molar-refractivity contribution >= 4 is 11.8 Å². The molecule has 1 rings (SSSR count). The first kappa shape index (κ1) is 17.9. The zero-order valence-corrected chi connectivity index (χ0v) is 13.7. The van der Waals surface area contributed by atoms with Crippen LogP contribution < -0.4 is 5.32 Å². The molecule has 0 aromatic rings. The Hall–Kier alpha value is -1.14. The molecule has 1 aliphatic rings. The Labute approximate surface area is 127 Å². The van der Waals surface area contributed by atoms with Gasteiger partial charge in [0.2, 0.25) is 11.8 Å². The summed E-state index contributed by atoms with van der Waals surface area (Å²) in [5.41, 5.74) is 0. The van der Waals surface area contributed by atoms with E-state index in [9.17, 15) is 9.59 Å². The Balaban J connectivity index is 2.92. The number of carbonyl (C=O) groups excluding carboxylic acids is 2. The lowest BCUT2D eigenvalue weighted by Gasteiger charge is -2.41. The van der Waals surface area contributed by atoms with Crippen LogP contribution in [-0.2, 0) is 19.1 Å². The summed E-state index contributed by atoms with van der Waals surface area (Å²) in [4.78, 5) is 26.6. The molecule has 21 heavy (non-hydrogen) atoms. The Kier molecular flexibility index (Phi) is 7.11. The van der Waals surface area contributed by atoms with Gasteiger partial charge in [0.1, 0.15) is 12.1 Å². The number of amides is 2. The molecule has 0 bridgehead atoms. The number of hydrogen-bond donors (Lipinski definition) is 1. The number of rotatable bonds is 8. The molecule has 0 radical (unpaired) electrons. The zero-order valence-electron chi connectivity index (χ0n) is 13.7. The second kappa shape index (κ2) is 8.34. The van der Waals surface area contributed by atoms with E-state index in [4.69, 9.17) is 9.47 Å². The van der Waals surface area contributed by atoms with E-state index in [1.54, 1.807) is 19.1 Å². The fraction of sp³-hybridized carbons (Fsp3) is 0.867. The van der Waals surface area contributed by atoms with Gasteiger partial charge in [0.15, 0.2) is 0 Å². The molecule has 0 aromatic carbocycles. The molecule has 1 aliphatic heterocycles. The van der Waals surface area contributed by atoms with Crippen LogP contribution in [0, 0.1) is 5.92 Å². The molecule has 6 nitrogen and oxygen atoms in total. The fourth-order valence-corrected chi connectivity index (χ4v) is 2.63. The summed E-state index contributed by atoms with van der Waals surface area (Å²) in [7, 11) is 3.18. The van der Waals surface area contributed by atoms with E-state index < -0.39 is 12.1 Å². The maximum Gasteiger partial charge on any atom is 0.246 e. The predicted molar refractivity (Wildman–Crippen MR) is 79.9 cm³/mol. The standard InChI is InChI=1S/C15H28N2O4/c1-6-10(3)13-15(19)17(8-11(21-5)9-20-4)12(7-2)14(18)16-13/h10-13H,6-9H2,1-5H3,(H,16,18). The highest BCUT2D eigenvalue weighted by molar-refractivity contribution is 5.97. The van der Waals surface area contributed by atoms with E-state index >= 15 is 0 Å². The number of nitrogens with one attached hydrogen (secondary N) is 1. The molecule has 6 heteroatoms. The summed E-state index contributed by atoms with van der Waals surface area (Å²) in [5, 5.41) is 2.87. The lowest BCUT2D eigenvalue weighted by atomic mass is 9.93. The average Bonchev–Trinajstić information content (AvgIpc) is 2.49. The molecule has 1 heterocycles. The van der Waals surface area contributed by atoms with Crippen molar-refractivity contribution in [1.82, 2.24) is 10.2 Å². The van der Waals surface area contributed by atoms with E-state index in [1.807, 2.05) is 20.8 Å². The minimum Gasteiger partial charge on any atom is -0.382 e. The first-order valence-corrected chi connectivity index (χ1v) is 7.62. The van der Waals surface area contributed by atoms with E-state index in [0.29, 0.717) is 19.6 Å². The highest BCUT2D eigenvalue weighted by Gasteiger charge is 2.42. The monoisotopic (exact) mass is 300 g/mol. The van der Waals surface area contributed by atoms with E-state index in [2.05, 4.69) is 5.32 Å². The van der Waals surface area contributed by atoms with Crippen LogP contribution in [0.25, 0.3) is 0 Å². The van der Waals surface area contributed by atoms with Crippen molar-refractivity contribution in [1.29, 1.82) is 0 Å². The van der Waals surface area contributed by atoms with Crippen molar-refractivity contribution in [3.8, 4) is 0 Å². The number of ether oxygens (including phenoxy) is 2. The van der Waals surface area contributed by atoms with Crippen molar-refractivity contribution < 1.29 is 19.1 Å². The van der Waals surface area contributed by atoms with Crippen LogP contribution in [0.5, 0.6) is 0 Å². The summed E-state index contributed by atoms with van der Waals surface area (Å²) in [6, 6.07) is -0.863. The van der Waals surface area contributed by atoms with Gasteiger partial charge in [-0.15, -0.1) is 0 Å². The maximum absolute atomic E-state index is 12.7. The van der Waals surface area contributed by atoms with Gasteiger partial charge >= 0.3 is 0 Å². The molecular formula is C15H28N2O4. The topological polar surface area (TPSA) is 67.9 Å². The van der Waals surface area contributed by atoms with Crippen LogP contribution in [0.2, 0.25) is 0 Å². The fourth-order valence-electron chi connectivity index (χ4n) is 2.63. The number of piperazine rings is 1. The van der Waals surface area contributed by atoms with Gasteiger partial charge in [0.25, 0.3) is 0 Å². The lowest BCUT2D eigenvalue weighted by Crippen LogP contribution is -2.66. The van der Waals surface area contributed by atoms with Gasteiger partial charge in [-0.05, 0) is 12.3 Å². The van der Waals surface area contributed by atoms with Gasteiger partial charge in [-0.2, -0.15) is 0 Å². The molecular weight excluding hydrogens is 272 g/mol. The SMILES string of the molecule is CCC(C)C1NC(=O)C(CC)N(CC(COC)OC)C1=O. The van der Waals surface area contributed by atoms with Gasteiger partial charge in [0.05, 0.1) is 19.3 Å². The number of nitrogens with zero attached hydrogens (tertiary/aromatic N) is 1. The Morgan fingerprint density at radius 1 is 1.29 bits per heavy atom. The van der Waals surface area contributed by atoms with Gasteiger partial charge in [-0.1, -0.05) is 27.2 Å². The van der Waals surface area contributed by atoms with Crippen molar-refractivity contribution in [2.24, 2.45) is 5.92 Å². The van der Waals surface area contributed by atoms with E-state index in [0.717, 1.165) is 6.42 Å². The molecule has 0 spiro atoms. The predicted octanol–water partition coefficient (Wildman–Crippen LogP) is 0.800. The zero-order chi connectivity index (χ0) is 16.0. The summed E-state index contributed by atoms with van der Waals surface area (Å²) in [6.45, 7) is 6.68. The van der Waals surface area contributed by atoms with E-state index in [-0.39, 0.29) is 23.8 Å². The van der Waals surface area contributed by atoms with Crippen molar-refractivity contribution in [2.75, 3.05) is 27.4 Å². The molecule has 0 aromatic heterocycles. The maximum atomic E-state index is 12.7. The van der Waals surface area contributed by atoms with Crippen LogP contribution in [0.3, 0.4) is 0 Å². The van der Waals surface area contributed by atoms with Gasteiger partial charge in [-0.3, -0.25) is 9.59 Å². The molecule has 0 aliphatic carbocycles. The summed E-state index contributed by atoms with van der Waals surface area (Å²) in [6.07, 6.45) is 1.21. The number of carbonyl (C=O) groups is 2. The second-order valence-electron chi connectivity index (χ2n) is 5.60. The lowest BCUT2D eigenvalue weighted by molar-refractivity contribution is -0.153. The first-order chi connectivity index (χ1) is 9.99. The molecule has 0 saturated carbocycles. The van der Waals surface area contributed by atoms with Gasteiger partial charge in [-0.25, -0.2) is 0 Å². The molecule has 4 atom stereocenters. The third-order valence-corrected chi connectivity index (χ3v) is 4.21. The van der Waals surface area contributed by atoms with Crippen molar-refractivity contribution in [3.63, 3.8) is 0 Å². The third-order valence-electron chi connectivity index (χ3n) is 4.21. The molecule has 122 valence electrons. The second-order valence-corrected chi connectivity index (χ2v) is 5.60. The smallest absolute Gasteiger partial charge is 0.246 e. The molecule has 2 amide bonds. The Morgan fingerprint density at radius 2 is 1.95 bits per heavy atom. The molecule has 4 unspecified atom stereocenters. The van der Waals surface area contributed by atoms with Crippen LogP contribution >= 0.6 is 0 Å². The van der Waals surface area contributed by atoms with Crippen molar-refractivity contribution in [2.45, 2.75) is 51.8 Å². The quantitative estimate of drug-likeness (QED) is 0.720. The van der Waals surface area contributed by atoms with E-state index in [1.165, 1.54) is 0 Å². The van der Waals surface area contributed by atoms with Crippen LogP contribution in [-0.4, -0.2) is 62.3 Å². The van der Waals surface area contributed by atoms with Crippen LogP contribution in [0.4, 0.5) is 0 Å². The summed E-state index contributed by atoms with van der Waals surface area (Å²) < 4.78 is 10.4. The van der Waals surface area contributed by atoms with Gasteiger partial charge < -0.3 is 19.7 Å². The van der Waals surface area contributed by atoms with Crippen molar-refractivity contribution in [3.05, 3.63) is 0 Å². The normalized spacial score (nSPS) is 25.7. The van der Waals surface area contributed by atoms with Gasteiger partial charge in [0, 0.05) is 14.2 Å². The molecule has 1 fully saturated rings. The summed E-state index contributed by atoms with van der Waals surface area (Å²) >= 11 is 0. The largest absolute Gasteiger partial charge is 0.382 e. The number of hydrogen-bond acceptors (Lipinski definition) is 4. The third kappa shape index (κ3) is 4.17. The minimum atomic E-state index is -0.439. The Bertz CT molecular complexity index is 362. The Morgan fingerprint density at radius 3 is 2.43 bits per heavy atom.